The summed E-state index contributed by atoms with van der Waals surface area (Å²) in [6, 6.07) is 132. The SMILES string of the molecule is c1ccc(-c2nc(-c3ccccc3)nc(-c3ccc(-n4c5ccccc5c5ccc(-c6ccc7oc8ccc(-c9ccc(-c%10nc(-c%11ccccc%11)nc(-c%11ccc(-c%12ccccc%12)c(-n%12c%13ccccc%13c%13ccc(-c%14ccc%15oc%16ccccc%16c%15c%14)cc%13%12)c%11)n%10)cc9)cc8c7c6)cc54)c(-c4ccccc4)c3)n2)cc1. The first-order valence-corrected chi connectivity index (χ1v) is 37.6. The largest absolute Gasteiger partial charge is 0.456 e. The van der Waals surface area contributed by atoms with Gasteiger partial charge in [-0.25, -0.2) is 29.9 Å². The van der Waals surface area contributed by atoms with Crippen molar-refractivity contribution in [3.63, 3.8) is 0 Å². The van der Waals surface area contributed by atoms with Gasteiger partial charge in [-0.2, -0.15) is 0 Å². The van der Waals surface area contributed by atoms with Crippen LogP contribution in [-0.4, -0.2) is 39.0 Å². The molecule has 0 aliphatic rings. The van der Waals surface area contributed by atoms with E-state index < -0.39 is 0 Å². The fourth-order valence-corrected chi connectivity index (χ4v) is 16.4. The third-order valence-electron chi connectivity index (χ3n) is 21.9. The van der Waals surface area contributed by atoms with Crippen LogP contribution in [0.15, 0.2) is 385 Å². The molecule has 0 spiro atoms. The number of hydrogen-bond donors (Lipinski definition) is 0. The summed E-state index contributed by atoms with van der Waals surface area (Å²) in [7, 11) is 0. The highest BCUT2D eigenvalue weighted by atomic mass is 16.3. The zero-order chi connectivity index (χ0) is 73.7. The van der Waals surface area contributed by atoms with Gasteiger partial charge in [-0.1, -0.05) is 285 Å². The van der Waals surface area contributed by atoms with Crippen LogP contribution >= 0.6 is 0 Å². The third-order valence-corrected chi connectivity index (χ3v) is 21.9. The summed E-state index contributed by atoms with van der Waals surface area (Å²) >= 11 is 0. The van der Waals surface area contributed by atoms with E-state index in [0.717, 1.165) is 188 Å². The van der Waals surface area contributed by atoms with Crippen molar-refractivity contribution in [2.45, 2.75) is 0 Å². The van der Waals surface area contributed by atoms with Crippen LogP contribution in [0.3, 0.4) is 0 Å². The molecule has 0 radical (unpaired) electrons. The maximum Gasteiger partial charge on any atom is 0.164 e. The Balaban J connectivity index is 0.621. The van der Waals surface area contributed by atoms with Gasteiger partial charge in [-0.05, 0) is 136 Å². The van der Waals surface area contributed by atoms with Gasteiger partial charge in [0.2, 0.25) is 0 Å². The molecule has 6 heterocycles. The zero-order valence-electron chi connectivity index (χ0n) is 60.2. The van der Waals surface area contributed by atoms with Crippen molar-refractivity contribution in [3.05, 3.63) is 376 Å². The monoisotopic (exact) mass is 1430 g/mol. The Bertz CT molecular complexity index is 7420. The second kappa shape index (κ2) is 26.3. The van der Waals surface area contributed by atoms with Crippen molar-refractivity contribution >= 4 is 87.5 Å². The lowest BCUT2D eigenvalue weighted by molar-refractivity contribution is 0.668. The minimum absolute atomic E-state index is 0.561. The van der Waals surface area contributed by atoms with Crippen LogP contribution in [0.1, 0.15) is 0 Å². The molecule has 0 amide bonds. The lowest BCUT2D eigenvalue weighted by Crippen LogP contribution is -2.02. The molecule has 112 heavy (non-hydrogen) atoms. The molecular formula is C102H62N8O2. The molecule has 10 heteroatoms. The molecule has 0 aliphatic heterocycles. The summed E-state index contributed by atoms with van der Waals surface area (Å²) in [6.45, 7) is 0. The highest BCUT2D eigenvalue weighted by Gasteiger charge is 2.24. The van der Waals surface area contributed by atoms with Gasteiger partial charge in [0.05, 0.1) is 33.4 Å². The summed E-state index contributed by atoms with van der Waals surface area (Å²) < 4.78 is 17.8. The molecule has 0 bridgehead atoms. The Morgan fingerprint density at radius 3 is 0.946 bits per heavy atom. The minimum atomic E-state index is 0.561. The third kappa shape index (κ3) is 11.0. The van der Waals surface area contributed by atoms with Crippen molar-refractivity contribution in [1.29, 1.82) is 0 Å². The van der Waals surface area contributed by atoms with Crippen molar-refractivity contribution < 1.29 is 8.83 Å². The summed E-state index contributed by atoms with van der Waals surface area (Å²) in [5, 5.41) is 8.89. The predicted octanol–water partition coefficient (Wildman–Crippen LogP) is 26.4. The summed E-state index contributed by atoms with van der Waals surface area (Å²) in [4.78, 5) is 31.3. The maximum atomic E-state index is 6.64. The van der Waals surface area contributed by atoms with Gasteiger partial charge in [0.25, 0.3) is 0 Å². The molecule has 0 saturated heterocycles. The van der Waals surface area contributed by atoms with Crippen molar-refractivity contribution in [1.82, 2.24) is 39.0 Å². The molecule has 0 atom stereocenters. The van der Waals surface area contributed by atoms with Crippen LogP contribution < -0.4 is 0 Å². The van der Waals surface area contributed by atoms with Crippen LogP contribution in [0.2, 0.25) is 0 Å². The molecule has 0 unspecified atom stereocenters. The first kappa shape index (κ1) is 64.0. The lowest BCUT2D eigenvalue weighted by Gasteiger charge is -2.17. The molecule has 6 aromatic heterocycles. The number of para-hydroxylation sites is 3. The molecule has 10 nitrogen and oxygen atoms in total. The Hall–Kier alpha value is -15.3. The molecule has 22 rings (SSSR count). The van der Waals surface area contributed by atoms with Gasteiger partial charge in [0, 0.05) is 87.6 Å². The van der Waals surface area contributed by atoms with E-state index in [4.69, 9.17) is 38.7 Å². The van der Waals surface area contributed by atoms with E-state index in [1.165, 1.54) is 0 Å². The fourth-order valence-electron chi connectivity index (χ4n) is 16.4. The van der Waals surface area contributed by atoms with Crippen LogP contribution in [0.25, 0.3) is 223 Å². The number of furan rings is 2. The molecule has 0 fully saturated rings. The Morgan fingerprint density at radius 2 is 0.464 bits per heavy atom. The van der Waals surface area contributed by atoms with Crippen LogP contribution in [0, 0.1) is 0 Å². The van der Waals surface area contributed by atoms with Crippen LogP contribution in [0.4, 0.5) is 0 Å². The van der Waals surface area contributed by atoms with Gasteiger partial charge in [-0.15, -0.1) is 0 Å². The minimum Gasteiger partial charge on any atom is -0.456 e. The molecule has 0 aliphatic carbocycles. The van der Waals surface area contributed by atoms with E-state index >= 15 is 0 Å². The predicted molar refractivity (Wildman–Crippen MR) is 456 cm³/mol. The molecule has 0 N–H and O–H groups in total. The Kier molecular flexibility index (Phi) is 15.0. The average molecular weight is 1430 g/mol. The summed E-state index contributed by atoms with van der Waals surface area (Å²) in [6.07, 6.45) is 0. The van der Waals surface area contributed by atoms with E-state index in [0.29, 0.717) is 34.9 Å². The summed E-state index contributed by atoms with van der Waals surface area (Å²) in [5.74, 6) is 3.53. The van der Waals surface area contributed by atoms with E-state index in [9.17, 15) is 0 Å². The first-order valence-electron chi connectivity index (χ1n) is 37.6. The Morgan fingerprint density at radius 1 is 0.161 bits per heavy atom. The number of benzene rings is 16. The van der Waals surface area contributed by atoms with E-state index in [1.54, 1.807) is 0 Å². The van der Waals surface area contributed by atoms with Gasteiger partial charge in [0.1, 0.15) is 22.3 Å². The smallest absolute Gasteiger partial charge is 0.164 e. The van der Waals surface area contributed by atoms with E-state index in [-0.39, 0.29) is 0 Å². The normalized spacial score (nSPS) is 11.8. The van der Waals surface area contributed by atoms with Crippen molar-refractivity contribution in [2.75, 3.05) is 0 Å². The van der Waals surface area contributed by atoms with Gasteiger partial charge < -0.3 is 18.0 Å². The zero-order valence-corrected chi connectivity index (χ0v) is 60.2. The second-order valence-electron chi connectivity index (χ2n) is 28.5. The Labute approximate surface area is 642 Å². The lowest BCUT2D eigenvalue weighted by atomic mass is 9.98. The summed E-state index contributed by atoms with van der Waals surface area (Å²) in [5.41, 5.74) is 25.9. The van der Waals surface area contributed by atoms with Crippen molar-refractivity contribution in [3.8, 4) is 135 Å². The number of hydrogen-bond acceptors (Lipinski definition) is 8. The van der Waals surface area contributed by atoms with Gasteiger partial charge >= 0.3 is 0 Å². The molecule has 16 aromatic carbocycles. The average Bonchev–Trinajstić information content (AvgIpc) is 1.56. The quantitative estimate of drug-likeness (QED) is 0.112. The molecule has 22 aromatic rings. The molecule has 0 saturated carbocycles. The topological polar surface area (TPSA) is 113 Å². The molecule has 522 valence electrons. The van der Waals surface area contributed by atoms with Gasteiger partial charge in [-0.3, -0.25) is 0 Å². The van der Waals surface area contributed by atoms with E-state index in [2.05, 4.69) is 294 Å². The number of aromatic nitrogens is 8. The molecular weight excluding hydrogens is 1370 g/mol. The highest BCUT2D eigenvalue weighted by Crippen LogP contribution is 2.45. The second-order valence-corrected chi connectivity index (χ2v) is 28.5. The standard InChI is InChI=1S/C102H62N8O2/c1-6-22-64(23-7-1)77-49-44-76(62-90(77)110-88-36-20-17-33-79(88)81-51-43-74(61-92(81)110)71-47-54-94-84(57-71)82-34-18-21-37-93(82)111-94)102-107-99(68-30-14-5-15-31-68)104-100(108-102)69-40-38-63(39-41-69)70-46-53-95-85(56-70)86-58-72(48-55-96(86)112-95)73-42-50-80-78-32-16-19-35-87(78)109(91(80)60-73)89-52-45-75(59-83(89)65-24-8-2-9-25-65)101-105-97(66-26-10-3-11-27-66)103-98(106-101)67-28-12-4-13-29-67/h1-62H. The first-order chi connectivity index (χ1) is 55.5. The number of fused-ring (bicyclic) bond motifs is 12. The van der Waals surface area contributed by atoms with E-state index in [1.807, 2.05) is 91.0 Å². The maximum absolute atomic E-state index is 6.64. The van der Waals surface area contributed by atoms with Crippen LogP contribution in [0.5, 0.6) is 0 Å². The highest BCUT2D eigenvalue weighted by molar-refractivity contribution is 6.14. The number of nitrogens with zero attached hydrogens (tertiary/aromatic N) is 8. The van der Waals surface area contributed by atoms with Gasteiger partial charge in [0.15, 0.2) is 34.9 Å². The van der Waals surface area contributed by atoms with Crippen molar-refractivity contribution in [2.24, 2.45) is 0 Å². The fraction of sp³-hybridized carbons (Fsp3) is 0. The van der Waals surface area contributed by atoms with Crippen LogP contribution in [-0.2, 0) is 0 Å². The number of rotatable bonds is 13.